The first-order valence-electron chi connectivity index (χ1n) is 10.7. The van der Waals surface area contributed by atoms with Crippen LogP contribution in [-0.4, -0.2) is 27.2 Å². The van der Waals surface area contributed by atoms with E-state index >= 15 is 0 Å². The summed E-state index contributed by atoms with van der Waals surface area (Å²) in [6, 6.07) is 18.3. The predicted octanol–water partition coefficient (Wildman–Crippen LogP) is 5.65. The summed E-state index contributed by atoms with van der Waals surface area (Å²) in [6.45, 7) is 0.469. The van der Waals surface area contributed by atoms with Gasteiger partial charge in [0.15, 0.2) is 5.13 Å². The van der Waals surface area contributed by atoms with E-state index in [1.807, 2.05) is 48.7 Å². The molecule has 0 unspecified atom stereocenters. The van der Waals surface area contributed by atoms with Gasteiger partial charge in [-0.1, -0.05) is 54.5 Å². The molecular formula is C25H25N3O2S. The number of fused-ring (bicyclic) bond motifs is 1. The van der Waals surface area contributed by atoms with Crippen LogP contribution >= 0.6 is 11.3 Å². The van der Waals surface area contributed by atoms with Crippen molar-refractivity contribution < 1.29 is 9.84 Å². The van der Waals surface area contributed by atoms with E-state index in [2.05, 4.69) is 27.4 Å². The molecule has 4 aromatic rings. The third-order valence-electron chi connectivity index (χ3n) is 5.79. The molecule has 1 aliphatic rings. The average Bonchev–Trinajstić information content (AvgIpc) is 3.21. The molecule has 5 rings (SSSR count). The van der Waals surface area contributed by atoms with Crippen molar-refractivity contribution in [1.82, 2.24) is 9.97 Å². The number of benzene rings is 2. The second-order valence-electron chi connectivity index (χ2n) is 7.94. The van der Waals surface area contributed by atoms with Crippen molar-refractivity contribution in [2.75, 3.05) is 5.32 Å². The zero-order valence-electron chi connectivity index (χ0n) is 17.2. The monoisotopic (exact) mass is 431 g/mol. The molecule has 0 bridgehead atoms. The van der Waals surface area contributed by atoms with E-state index in [0.717, 1.165) is 63.5 Å². The highest BCUT2D eigenvalue weighted by Crippen LogP contribution is 2.32. The van der Waals surface area contributed by atoms with E-state index in [9.17, 15) is 5.11 Å². The number of ether oxygens (including phenoxy) is 1. The topological polar surface area (TPSA) is 67.3 Å². The lowest BCUT2D eigenvalue weighted by Crippen LogP contribution is -2.36. The largest absolute Gasteiger partial charge is 0.489 e. The molecule has 2 atom stereocenters. The van der Waals surface area contributed by atoms with Crippen molar-refractivity contribution >= 4 is 26.7 Å². The van der Waals surface area contributed by atoms with Gasteiger partial charge in [-0.15, -0.1) is 0 Å². The van der Waals surface area contributed by atoms with Gasteiger partial charge >= 0.3 is 0 Å². The lowest BCUT2D eigenvalue weighted by Gasteiger charge is -2.27. The molecule has 6 heteroatoms. The van der Waals surface area contributed by atoms with E-state index in [1.54, 1.807) is 17.5 Å². The SMILES string of the molecule is O[C@H]1CCCC[C@@H]1Nc1nc2ccc(OCc3ccncc3-c3ccccc3)cc2s1. The summed E-state index contributed by atoms with van der Waals surface area (Å²) in [4.78, 5) is 8.97. The Morgan fingerprint density at radius 1 is 1.06 bits per heavy atom. The number of rotatable bonds is 6. The Hall–Kier alpha value is -2.96. The molecule has 5 nitrogen and oxygen atoms in total. The fraction of sp³-hybridized carbons (Fsp3) is 0.280. The molecule has 2 N–H and O–H groups in total. The van der Waals surface area contributed by atoms with E-state index in [0.29, 0.717) is 6.61 Å². The minimum Gasteiger partial charge on any atom is -0.489 e. The highest BCUT2D eigenvalue weighted by atomic mass is 32.1. The molecule has 158 valence electrons. The molecule has 2 heterocycles. The van der Waals surface area contributed by atoms with Crippen LogP contribution in [0.25, 0.3) is 21.3 Å². The number of hydrogen-bond donors (Lipinski definition) is 2. The summed E-state index contributed by atoms with van der Waals surface area (Å²) in [7, 11) is 0. The van der Waals surface area contributed by atoms with Crippen molar-refractivity contribution in [3.8, 4) is 16.9 Å². The quantitative estimate of drug-likeness (QED) is 0.413. The number of hydrogen-bond acceptors (Lipinski definition) is 6. The fourth-order valence-electron chi connectivity index (χ4n) is 4.08. The summed E-state index contributed by atoms with van der Waals surface area (Å²) in [5.74, 6) is 0.816. The molecule has 0 amide bonds. The zero-order valence-corrected chi connectivity index (χ0v) is 18.0. The van der Waals surface area contributed by atoms with Gasteiger partial charge in [-0.2, -0.15) is 0 Å². The molecule has 31 heavy (non-hydrogen) atoms. The Labute approximate surface area is 185 Å². The summed E-state index contributed by atoms with van der Waals surface area (Å²) in [5.41, 5.74) is 4.26. The van der Waals surface area contributed by atoms with Gasteiger partial charge in [-0.3, -0.25) is 4.98 Å². The lowest BCUT2D eigenvalue weighted by atomic mass is 9.93. The van der Waals surface area contributed by atoms with Gasteiger partial charge in [0.2, 0.25) is 0 Å². The Kier molecular flexibility index (Phi) is 5.82. The summed E-state index contributed by atoms with van der Waals surface area (Å²) in [5, 5.41) is 14.5. The van der Waals surface area contributed by atoms with Crippen LogP contribution in [-0.2, 0) is 6.61 Å². The third kappa shape index (κ3) is 4.55. The number of pyridine rings is 1. The predicted molar refractivity (Wildman–Crippen MR) is 126 cm³/mol. The zero-order chi connectivity index (χ0) is 21.0. The van der Waals surface area contributed by atoms with Gasteiger partial charge in [0.1, 0.15) is 12.4 Å². The molecule has 2 aromatic heterocycles. The van der Waals surface area contributed by atoms with Crippen LogP contribution in [0.2, 0.25) is 0 Å². The second kappa shape index (κ2) is 9.04. The van der Waals surface area contributed by atoms with Crippen molar-refractivity contribution in [2.24, 2.45) is 0 Å². The van der Waals surface area contributed by atoms with Gasteiger partial charge in [0.25, 0.3) is 0 Å². The second-order valence-corrected chi connectivity index (χ2v) is 8.97. The van der Waals surface area contributed by atoms with Crippen LogP contribution in [0.3, 0.4) is 0 Å². The van der Waals surface area contributed by atoms with Crippen LogP contribution in [0.4, 0.5) is 5.13 Å². The number of nitrogens with zero attached hydrogens (tertiary/aromatic N) is 2. The minimum absolute atomic E-state index is 0.0909. The van der Waals surface area contributed by atoms with Crippen LogP contribution in [0.1, 0.15) is 31.2 Å². The number of anilines is 1. The Bertz CT molecular complexity index is 1160. The van der Waals surface area contributed by atoms with Gasteiger partial charge in [-0.25, -0.2) is 4.98 Å². The highest BCUT2D eigenvalue weighted by Gasteiger charge is 2.23. The molecule has 0 saturated heterocycles. The summed E-state index contributed by atoms with van der Waals surface area (Å²) >= 11 is 1.61. The van der Waals surface area contributed by atoms with Crippen molar-refractivity contribution in [2.45, 2.75) is 44.4 Å². The van der Waals surface area contributed by atoms with Crippen LogP contribution in [0, 0.1) is 0 Å². The van der Waals surface area contributed by atoms with E-state index in [4.69, 9.17) is 4.74 Å². The molecule has 0 aliphatic heterocycles. The smallest absolute Gasteiger partial charge is 0.184 e. The molecule has 0 radical (unpaired) electrons. The van der Waals surface area contributed by atoms with Crippen LogP contribution < -0.4 is 10.1 Å². The highest BCUT2D eigenvalue weighted by molar-refractivity contribution is 7.22. The number of thiazole rings is 1. The summed E-state index contributed by atoms with van der Waals surface area (Å²) < 4.78 is 7.20. The van der Waals surface area contributed by atoms with Crippen LogP contribution in [0.15, 0.2) is 67.0 Å². The maximum Gasteiger partial charge on any atom is 0.184 e. The first-order chi connectivity index (χ1) is 15.3. The standard InChI is InChI=1S/C25H25N3O2S/c29-23-9-5-4-8-21(23)27-25-28-22-11-10-19(14-24(22)31-25)30-16-18-12-13-26-15-20(18)17-6-2-1-3-7-17/h1-3,6-7,10-15,21,23,29H,4-5,8-9,16H2,(H,27,28)/t21-,23-/m0/s1. The fourth-order valence-corrected chi connectivity index (χ4v) is 5.04. The Morgan fingerprint density at radius 3 is 2.81 bits per heavy atom. The molecule has 2 aromatic carbocycles. The normalized spacial score (nSPS) is 18.7. The Morgan fingerprint density at radius 2 is 1.94 bits per heavy atom. The number of aliphatic hydroxyl groups is 1. The number of aromatic nitrogens is 2. The van der Waals surface area contributed by atoms with Crippen molar-refractivity contribution in [1.29, 1.82) is 0 Å². The summed E-state index contributed by atoms with van der Waals surface area (Å²) in [6.07, 6.45) is 7.49. The van der Waals surface area contributed by atoms with Crippen LogP contribution in [0.5, 0.6) is 5.75 Å². The van der Waals surface area contributed by atoms with E-state index in [-0.39, 0.29) is 12.1 Å². The molecule has 1 aliphatic carbocycles. The van der Waals surface area contributed by atoms with Gasteiger partial charge in [0, 0.05) is 23.5 Å². The van der Waals surface area contributed by atoms with Gasteiger partial charge < -0.3 is 15.2 Å². The lowest BCUT2D eigenvalue weighted by molar-refractivity contribution is 0.116. The minimum atomic E-state index is -0.293. The van der Waals surface area contributed by atoms with Gasteiger partial charge in [-0.05, 0) is 42.7 Å². The third-order valence-corrected chi connectivity index (χ3v) is 6.74. The van der Waals surface area contributed by atoms with E-state index in [1.165, 1.54) is 0 Å². The average molecular weight is 432 g/mol. The van der Waals surface area contributed by atoms with Crippen molar-refractivity contribution in [3.63, 3.8) is 0 Å². The first kappa shape index (κ1) is 20.0. The maximum atomic E-state index is 10.2. The first-order valence-corrected chi connectivity index (χ1v) is 11.5. The molecule has 1 saturated carbocycles. The molecular weight excluding hydrogens is 406 g/mol. The van der Waals surface area contributed by atoms with E-state index < -0.39 is 0 Å². The van der Waals surface area contributed by atoms with Gasteiger partial charge in [0.05, 0.1) is 22.4 Å². The number of nitrogens with one attached hydrogen (secondary N) is 1. The Balaban J connectivity index is 1.31. The molecule has 1 fully saturated rings. The van der Waals surface area contributed by atoms with Crippen molar-refractivity contribution in [3.05, 3.63) is 72.6 Å². The molecule has 0 spiro atoms. The maximum absolute atomic E-state index is 10.2. The number of aliphatic hydroxyl groups excluding tert-OH is 1.